The molecule has 4 rings (SSSR count). The molecule has 0 saturated heterocycles. The van der Waals surface area contributed by atoms with Crippen LogP contribution in [0.2, 0.25) is 0 Å². The van der Waals surface area contributed by atoms with Crippen molar-refractivity contribution in [3.8, 4) is 17.6 Å². The normalized spacial score (nSPS) is 19.3. The maximum Gasteiger partial charge on any atom is 0.413 e. The first kappa shape index (κ1) is 26.9. The number of carbonyl (C=O) groups is 1. The summed E-state index contributed by atoms with van der Waals surface area (Å²) in [4.78, 5) is 13.1. The molecule has 1 fully saturated rings. The maximum atomic E-state index is 14.3. The first-order valence-corrected chi connectivity index (χ1v) is 11.9. The van der Waals surface area contributed by atoms with Crippen molar-refractivity contribution in [1.82, 2.24) is 0 Å². The summed E-state index contributed by atoms with van der Waals surface area (Å²) in [6, 6.07) is 20.4. The zero-order valence-electron chi connectivity index (χ0n) is 20.9. The van der Waals surface area contributed by atoms with Gasteiger partial charge in [-0.25, -0.2) is 4.39 Å². The number of hydrogen-bond acceptors (Lipinski definition) is 4. The van der Waals surface area contributed by atoms with E-state index in [2.05, 4.69) is 0 Å². The van der Waals surface area contributed by atoms with Crippen LogP contribution in [0.5, 0.6) is 11.5 Å². The Morgan fingerprint density at radius 2 is 1.68 bits per heavy atom. The Morgan fingerprint density at radius 1 is 1.03 bits per heavy atom. The van der Waals surface area contributed by atoms with Crippen molar-refractivity contribution in [3.05, 3.63) is 101 Å². The third-order valence-corrected chi connectivity index (χ3v) is 6.72. The molecule has 0 heterocycles. The Hall–Kier alpha value is -4.12. The number of para-hydroxylation sites is 1. The van der Waals surface area contributed by atoms with Crippen LogP contribution in [0.4, 0.5) is 17.6 Å². The highest BCUT2D eigenvalue weighted by atomic mass is 19.4. The standard InChI is InChI=1S/C30H25F4NO3/c1-18-9-11-19(12-10-18)15-22(30(32,33)34)26-27(29(26,2)3)28(36)38-25(17-35)20-13-14-23(31)24(16-20)37-21-7-5-4-6-8-21/h4-16,25-27H,1-3H3/b22-15+. The molecule has 0 N–H and O–H groups in total. The van der Waals surface area contributed by atoms with Gasteiger partial charge in [0.15, 0.2) is 11.6 Å². The van der Waals surface area contributed by atoms with Crippen LogP contribution in [0.1, 0.15) is 36.6 Å². The Bertz CT molecular complexity index is 1390. The van der Waals surface area contributed by atoms with Gasteiger partial charge in [0.05, 0.1) is 5.92 Å². The molecule has 3 atom stereocenters. The van der Waals surface area contributed by atoms with Crippen molar-refractivity contribution in [1.29, 1.82) is 5.26 Å². The van der Waals surface area contributed by atoms with Crippen LogP contribution in [0, 0.1) is 41.3 Å². The van der Waals surface area contributed by atoms with Crippen molar-refractivity contribution >= 4 is 12.0 Å². The van der Waals surface area contributed by atoms with Gasteiger partial charge in [-0.1, -0.05) is 67.9 Å². The minimum Gasteiger partial charge on any atom is -0.454 e. The molecule has 3 aromatic rings. The molecule has 0 radical (unpaired) electrons. The van der Waals surface area contributed by atoms with Gasteiger partial charge in [0, 0.05) is 17.1 Å². The number of benzene rings is 3. The minimum absolute atomic E-state index is 0.134. The molecule has 1 aliphatic rings. The summed E-state index contributed by atoms with van der Waals surface area (Å²) in [5, 5.41) is 9.68. The summed E-state index contributed by atoms with van der Waals surface area (Å²) in [5.74, 6) is -3.72. The third-order valence-electron chi connectivity index (χ3n) is 6.72. The van der Waals surface area contributed by atoms with E-state index >= 15 is 0 Å². The minimum atomic E-state index is -4.67. The average Bonchev–Trinajstić information content (AvgIpc) is 3.44. The molecule has 8 heteroatoms. The molecule has 196 valence electrons. The number of nitrogens with zero attached hydrogens (tertiary/aromatic N) is 1. The van der Waals surface area contributed by atoms with Gasteiger partial charge in [-0.15, -0.1) is 0 Å². The molecule has 4 nitrogen and oxygen atoms in total. The molecule has 3 unspecified atom stereocenters. The molecule has 0 aliphatic heterocycles. The number of ether oxygens (including phenoxy) is 2. The summed E-state index contributed by atoms with van der Waals surface area (Å²) in [6.45, 7) is 4.95. The molecule has 3 aromatic carbocycles. The highest BCUT2D eigenvalue weighted by molar-refractivity contribution is 5.80. The van der Waals surface area contributed by atoms with E-state index in [1.54, 1.807) is 68.4 Å². The number of halogens is 4. The van der Waals surface area contributed by atoms with Gasteiger partial charge in [0.25, 0.3) is 0 Å². The molecule has 38 heavy (non-hydrogen) atoms. The van der Waals surface area contributed by atoms with Gasteiger partial charge >= 0.3 is 12.1 Å². The zero-order valence-corrected chi connectivity index (χ0v) is 20.9. The Labute approximate surface area is 218 Å². The molecule has 0 bridgehead atoms. The fraction of sp³-hybridized carbons (Fsp3) is 0.267. The summed E-state index contributed by atoms with van der Waals surface area (Å²) in [7, 11) is 0. The lowest BCUT2D eigenvalue weighted by Gasteiger charge is -2.15. The lowest BCUT2D eigenvalue weighted by atomic mass is 10.00. The van der Waals surface area contributed by atoms with Crippen molar-refractivity contribution in [2.75, 3.05) is 0 Å². The molecule has 0 amide bonds. The van der Waals surface area contributed by atoms with Crippen LogP contribution in [0.15, 0.2) is 78.4 Å². The second kappa shape index (κ2) is 10.3. The topological polar surface area (TPSA) is 59.3 Å². The SMILES string of the molecule is Cc1ccc(/C=C(\C2C(C(=O)OC(C#N)c3ccc(F)c(Oc4ccccc4)c3)C2(C)C)C(F)(F)F)cc1. The Kier molecular flexibility index (Phi) is 7.32. The van der Waals surface area contributed by atoms with E-state index in [0.29, 0.717) is 11.3 Å². The summed E-state index contributed by atoms with van der Waals surface area (Å²) in [6.07, 6.45) is -5.08. The number of rotatable bonds is 7. The number of alkyl halides is 3. The first-order chi connectivity index (χ1) is 17.9. The van der Waals surface area contributed by atoms with Gasteiger partial charge in [-0.3, -0.25) is 4.79 Å². The van der Waals surface area contributed by atoms with E-state index in [9.17, 15) is 27.6 Å². The van der Waals surface area contributed by atoms with E-state index < -0.39 is 46.9 Å². The predicted octanol–water partition coefficient (Wildman–Crippen LogP) is 7.95. The van der Waals surface area contributed by atoms with E-state index in [1.807, 2.05) is 13.0 Å². The smallest absolute Gasteiger partial charge is 0.413 e. The van der Waals surface area contributed by atoms with Crippen LogP contribution >= 0.6 is 0 Å². The number of nitriles is 1. The molecule has 0 spiro atoms. The molecule has 0 aromatic heterocycles. The third kappa shape index (κ3) is 5.72. The first-order valence-electron chi connectivity index (χ1n) is 11.9. The molecular formula is C30H25F4NO3. The van der Waals surface area contributed by atoms with E-state index in [1.165, 1.54) is 12.1 Å². The maximum absolute atomic E-state index is 14.3. The molecule has 1 aliphatic carbocycles. The second-order valence-electron chi connectivity index (χ2n) is 9.84. The van der Waals surface area contributed by atoms with Gasteiger partial charge < -0.3 is 9.47 Å². The Morgan fingerprint density at radius 3 is 2.29 bits per heavy atom. The van der Waals surface area contributed by atoms with Crippen molar-refractivity contribution < 1.29 is 31.8 Å². The number of esters is 1. The quantitative estimate of drug-likeness (QED) is 0.233. The lowest BCUT2D eigenvalue weighted by Crippen LogP contribution is -2.18. The summed E-state index contributed by atoms with van der Waals surface area (Å²) >= 11 is 0. The van der Waals surface area contributed by atoms with Gasteiger partial charge in [0.2, 0.25) is 6.10 Å². The highest BCUT2D eigenvalue weighted by Crippen LogP contribution is 2.65. The van der Waals surface area contributed by atoms with Crippen LogP contribution in [-0.4, -0.2) is 12.1 Å². The van der Waals surface area contributed by atoms with Gasteiger partial charge in [0.1, 0.15) is 11.8 Å². The Balaban J connectivity index is 1.56. The van der Waals surface area contributed by atoms with Crippen LogP contribution in [0.25, 0.3) is 6.08 Å². The number of hydrogen-bond donors (Lipinski definition) is 0. The number of allylic oxidation sites excluding steroid dienone is 1. The lowest BCUT2D eigenvalue weighted by molar-refractivity contribution is -0.149. The van der Waals surface area contributed by atoms with E-state index in [4.69, 9.17) is 9.47 Å². The fourth-order valence-electron chi connectivity index (χ4n) is 4.58. The molecule has 1 saturated carbocycles. The van der Waals surface area contributed by atoms with Crippen LogP contribution in [-0.2, 0) is 9.53 Å². The van der Waals surface area contributed by atoms with Crippen LogP contribution < -0.4 is 4.74 Å². The summed E-state index contributed by atoms with van der Waals surface area (Å²) in [5.41, 5.74) is -0.473. The largest absolute Gasteiger partial charge is 0.454 e. The highest BCUT2D eigenvalue weighted by Gasteiger charge is 2.67. The zero-order chi connectivity index (χ0) is 27.7. The van der Waals surface area contributed by atoms with Crippen molar-refractivity contribution in [2.45, 2.75) is 33.1 Å². The van der Waals surface area contributed by atoms with E-state index in [0.717, 1.165) is 17.7 Å². The van der Waals surface area contributed by atoms with Gasteiger partial charge in [-0.05, 0) is 48.2 Å². The van der Waals surface area contributed by atoms with E-state index in [-0.39, 0.29) is 11.3 Å². The number of carbonyl (C=O) groups excluding carboxylic acids is 1. The number of aryl methyl sites for hydroxylation is 1. The fourth-order valence-corrected chi connectivity index (χ4v) is 4.58. The predicted molar refractivity (Wildman–Crippen MR) is 133 cm³/mol. The average molecular weight is 524 g/mol. The van der Waals surface area contributed by atoms with Crippen molar-refractivity contribution in [3.63, 3.8) is 0 Å². The molecular weight excluding hydrogens is 498 g/mol. The monoisotopic (exact) mass is 523 g/mol. The van der Waals surface area contributed by atoms with Crippen molar-refractivity contribution in [2.24, 2.45) is 17.3 Å². The second-order valence-corrected chi connectivity index (χ2v) is 9.84. The van der Waals surface area contributed by atoms with Crippen LogP contribution in [0.3, 0.4) is 0 Å². The summed E-state index contributed by atoms with van der Waals surface area (Å²) < 4.78 is 67.5. The van der Waals surface area contributed by atoms with Gasteiger partial charge in [-0.2, -0.15) is 18.4 Å².